The maximum Gasteiger partial charge on any atom is 0.317 e. The topological polar surface area (TPSA) is 63.7 Å². The first-order valence-corrected chi connectivity index (χ1v) is 9.45. The fourth-order valence-corrected chi connectivity index (χ4v) is 3.08. The van der Waals surface area contributed by atoms with Gasteiger partial charge >= 0.3 is 6.03 Å². The van der Waals surface area contributed by atoms with Gasteiger partial charge in [0.05, 0.1) is 36.5 Å². The molecule has 0 aliphatic rings. The van der Waals surface area contributed by atoms with Crippen LogP contribution >= 0.6 is 11.3 Å². The molecule has 1 heterocycles. The van der Waals surface area contributed by atoms with Crippen LogP contribution in [0.4, 0.5) is 4.79 Å². The number of carbonyl (C=O) groups is 1. The lowest BCUT2D eigenvalue weighted by atomic mass is 10.1. The lowest BCUT2D eigenvalue weighted by Gasteiger charge is -2.22. The highest BCUT2D eigenvalue weighted by atomic mass is 32.1. The average molecular weight is 378 g/mol. The molecule has 2 amide bonds. The molecule has 0 aliphatic heterocycles. The molecule has 142 valence electrons. The normalized spacial score (nSPS) is 12.0. The summed E-state index contributed by atoms with van der Waals surface area (Å²) in [5, 5.41) is 5.97. The molecule has 7 heteroatoms. The van der Waals surface area contributed by atoms with Gasteiger partial charge in [-0.2, -0.15) is 0 Å². The maximum atomic E-state index is 12.4. The summed E-state index contributed by atoms with van der Waals surface area (Å²) >= 11 is 1.58. The van der Waals surface area contributed by atoms with E-state index in [2.05, 4.69) is 10.3 Å². The lowest BCUT2D eigenvalue weighted by Crippen LogP contribution is -2.38. The summed E-state index contributed by atoms with van der Waals surface area (Å²) in [7, 11) is 3.37. The minimum atomic E-state index is -0.163. The number of amides is 2. The smallest absolute Gasteiger partial charge is 0.317 e. The van der Waals surface area contributed by atoms with Crippen molar-refractivity contribution in [3.05, 3.63) is 39.8 Å². The van der Waals surface area contributed by atoms with Crippen LogP contribution in [0.25, 0.3) is 0 Å². The zero-order valence-corrected chi connectivity index (χ0v) is 17.0. The molecule has 1 N–H and O–H groups in total. The third kappa shape index (κ3) is 5.36. The fourth-order valence-electron chi connectivity index (χ4n) is 2.48. The van der Waals surface area contributed by atoms with Crippen LogP contribution in [0.2, 0.25) is 0 Å². The first-order chi connectivity index (χ1) is 12.3. The number of benzene rings is 1. The van der Waals surface area contributed by atoms with E-state index in [9.17, 15) is 4.79 Å². The number of rotatable bonds is 7. The van der Waals surface area contributed by atoms with Crippen LogP contribution in [0.1, 0.15) is 43.1 Å². The van der Waals surface area contributed by atoms with Gasteiger partial charge in [0, 0.05) is 12.4 Å². The molecule has 0 bridgehead atoms. The Morgan fingerprint density at radius 2 is 2.04 bits per heavy atom. The highest BCUT2D eigenvalue weighted by molar-refractivity contribution is 7.09. The molecule has 0 radical (unpaired) electrons. The Labute approximate surface area is 159 Å². The van der Waals surface area contributed by atoms with Crippen LogP contribution in [0.15, 0.2) is 23.6 Å². The number of hydrogen-bond acceptors (Lipinski definition) is 5. The summed E-state index contributed by atoms with van der Waals surface area (Å²) in [6.45, 7) is 8.31. The van der Waals surface area contributed by atoms with Gasteiger partial charge in [0.2, 0.25) is 0 Å². The van der Waals surface area contributed by atoms with Crippen molar-refractivity contribution >= 4 is 17.4 Å². The summed E-state index contributed by atoms with van der Waals surface area (Å²) in [6, 6.07) is 5.40. The molecule has 26 heavy (non-hydrogen) atoms. The van der Waals surface area contributed by atoms with E-state index in [1.165, 1.54) is 0 Å². The molecule has 1 aromatic heterocycles. The van der Waals surface area contributed by atoms with E-state index >= 15 is 0 Å². The van der Waals surface area contributed by atoms with Crippen molar-refractivity contribution in [3.8, 4) is 11.5 Å². The van der Waals surface area contributed by atoms with Gasteiger partial charge in [-0.1, -0.05) is 6.07 Å². The summed E-state index contributed by atoms with van der Waals surface area (Å²) < 4.78 is 11.1. The van der Waals surface area contributed by atoms with Crippen molar-refractivity contribution in [2.24, 2.45) is 0 Å². The molecule has 1 atom stereocenters. The molecular formula is C19H27N3O3S. The summed E-state index contributed by atoms with van der Waals surface area (Å²) in [5.74, 6) is 1.35. The SMILES string of the molecule is COc1cc([C@H](C)NC(=O)N(C)Cc2csc(C)n2)ccc1OC(C)C. The second kappa shape index (κ2) is 8.89. The Morgan fingerprint density at radius 3 is 2.62 bits per heavy atom. The van der Waals surface area contributed by atoms with Gasteiger partial charge in [0.25, 0.3) is 0 Å². The standard InChI is InChI=1S/C19H27N3O3S/c1-12(2)25-17-8-7-15(9-18(17)24-6)13(3)20-19(23)22(5)10-16-11-26-14(4)21-16/h7-9,11-13H,10H2,1-6H3,(H,20,23)/t13-/m0/s1. The third-order valence-corrected chi connectivity index (χ3v) is 4.63. The average Bonchev–Trinajstić information content (AvgIpc) is 2.99. The number of urea groups is 1. The lowest BCUT2D eigenvalue weighted by molar-refractivity contribution is 0.203. The Balaban J connectivity index is 2.01. The number of aryl methyl sites for hydroxylation is 1. The molecule has 0 saturated heterocycles. The highest BCUT2D eigenvalue weighted by Crippen LogP contribution is 2.31. The molecular weight excluding hydrogens is 350 g/mol. The van der Waals surface area contributed by atoms with Gasteiger partial charge in [-0.25, -0.2) is 9.78 Å². The van der Waals surface area contributed by atoms with Gasteiger partial charge in [-0.3, -0.25) is 0 Å². The zero-order chi connectivity index (χ0) is 19.3. The van der Waals surface area contributed by atoms with Crippen molar-refractivity contribution in [1.82, 2.24) is 15.2 Å². The summed E-state index contributed by atoms with van der Waals surface area (Å²) in [4.78, 5) is 18.5. The van der Waals surface area contributed by atoms with E-state index in [0.717, 1.165) is 16.3 Å². The monoisotopic (exact) mass is 377 g/mol. The Morgan fingerprint density at radius 1 is 1.31 bits per heavy atom. The number of aromatic nitrogens is 1. The molecule has 0 unspecified atom stereocenters. The van der Waals surface area contributed by atoms with Gasteiger partial charge in [-0.15, -0.1) is 11.3 Å². The van der Waals surface area contributed by atoms with Crippen LogP contribution in [-0.2, 0) is 6.54 Å². The Bertz CT molecular complexity index is 745. The first-order valence-electron chi connectivity index (χ1n) is 8.57. The third-order valence-electron chi connectivity index (χ3n) is 3.80. The van der Waals surface area contributed by atoms with E-state index in [1.54, 1.807) is 30.4 Å². The van der Waals surface area contributed by atoms with Gasteiger partial charge in [-0.05, 0) is 45.4 Å². The van der Waals surface area contributed by atoms with E-state index in [-0.39, 0.29) is 18.2 Å². The molecule has 2 rings (SSSR count). The van der Waals surface area contributed by atoms with Gasteiger partial charge in [0.1, 0.15) is 0 Å². The zero-order valence-electron chi connectivity index (χ0n) is 16.2. The highest BCUT2D eigenvalue weighted by Gasteiger charge is 2.16. The number of ether oxygens (including phenoxy) is 2. The Kier molecular flexibility index (Phi) is 6.85. The Hall–Kier alpha value is -2.28. The second-order valence-corrected chi connectivity index (χ2v) is 7.52. The van der Waals surface area contributed by atoms with Crippen LogP contribution < -0.4 is 14.8 Å². The van der Waals surface area contributed by atoms with Crippen LogP contribution in [-0.4, -0.2) is 36.2 Å². The number of hydrogen-bond donors (Lipinski definition) is 1. The van der Waals surface area contributed by atoms with E-state index in [0.29, 0.717) is 18.0 Å². The quantitative estimate of drug-likeness (QED) is 0.787. The van der Waals surface area contributed by atoms with Gasteiger partial charge in [0.15, 0.2) is 11.5 Å². The molecule has 0 fully saturated rings. The predicted octanol–water partition coefficient (Wildman–Crippen LogP) is 4.15. The van der Waals surface area contributed by atoms with Gasteiger partial charge < -0.3 is 19.7 Å². The molecule has 1 aromatic carbocycles. The van der Waals surface area contributed by atoms with Crippen LogP contribution in [0, 0.1) is 6.92 Å². The molecule has 2 aromatic rings. The minimum Gasteiger partial charge on any atom is -0.493 e. The van der Waals surface area contributed by atoms with E-state index in [1.807, 2.05) is 51.3 Å². The molecule has 0 saturated carbocycles. The van der Waals surface area contributed by atoms with Crippen LogP contribution in [0.5, 0.6) is 11.5 Å². The van der Waals surface area contributed by atoms with E-state index in [4.69, 9.17) is 9.47 Å². The fraction of sp³-hybridized carbons (Fsp3) is 0.474. The molecule has 0 spiro atoms. The van der Waals surface area contributed by atoms with Crippen LogP contribution in [0.3, 0.4) is 0 Å². The van der Waals surface area contributed by atoms with Crippen molar-refractivity contribution in [3.63, 3.8) is 0 Å². The largest absolute Gasteiger partial charge is 0.493 e. The van der Waals surface area contributed by atoms with Crippen molar-refractivity contribution in [2.75, 3.05) is 14.2 Å². The van der Waals surface area contributed by atoms with Crippen molar-refractivity contribution in [2.45, 2.75) is 46.4 Å². The number of carbonyl (C=O) groups excluding carboxylic acids is 1. The number of methoxy groups -OCH3 is 1. The maximum absolute atomic E-state index is 12.4. The van der Waals surface area contributed by atoms with Crippen molar-refractivity contribution < 1.29 is 14.3 Å². The minimum absolute atomic E-state index is 0.0647. The second-order valence-electron chi connectivity index (χ2n) is 6.46. The first kappa shape index (κ1) is 20.0. The molecule has 0 aliphatic carbocycles. The molecule has 6 nitrogen and oxygen atoms in total. The summed E-state index contributed by atoms with van der Waals surface area (Å²) in [5.41, 5.74) is 1.85. The number of nitrogens with zero attached hydrogens (tertiary/aromatic N) is 2. The van der Waals surface area contributed by atoms with Crippen molar-refractivity contribution in [1.29, 1.82) is 0 Å². The predicted molar refractivity (Wildman–Crippen MR) is 104 cm³/mol. The van der Waals surface area contributed by atoms with E-state index < -0.39 is 0 Å². The number of thiazole rings is 1. The number of nitrogens with one attached hydrogen (secondary N) is 1. The summed E-state index contributed by atoms with van der Waals surface area (Å²) in [6.07, 6.45) is 0.0647.